The van der Waals surface area contributed by atoms with Gasteiger partial charge in [0.1, 0.15) is 24.1 Å². The van der Waals surface area contributed by atoms with Gasteiger partial charge in [-0.2, -0.15) is 0 Å². The Hall–Kier alpha value is -4.74. The third-order valence-electron chi connectivity index (χ3n) is 8.29. The minimum atomic E-state index is -1.52. The quantitative estimate of drug-likeness (QED) is 0.131. The first kappa shape index (κ1) is 34.6. The highest BCUT2D eigenvalue weighted by Gasteiger charge is 2.61. The number of carbonyl (C=O) groups excluding carboxylic acids is 5. The summed E-state index contributed by atoms with van der Waals surface area (Å²) in [5, 5.41) is -1.11. The minimum Gasteiger partial charge on any atom is -0.459 e. The van der Waals surface area contributed by atoms with Gasteiger partial charge in [-0.1, -0.05) is 81.3 Å². The van der Waals surface area contributed by atoms with E-state index in [1.165, 1.54) is 24.3 Å². The highest BCUT2D eigenvalue weighted by molar-refractivity contribution is 6.32. The molecule has 0 bridgehead atoms. The Morgan fingerprint density at radius 3 is 1.77 bits per heavy atom. The van der Waals surface area contributed by atoms with Gasteiger partial charge in [0, 0.05) is 0 Å². The third-order valence-corrected chi connectivity index (χ3v) is 8.83. The van der Waals surface area contributed by atoms with Crippen LogP contribution in [0, 0.1) is 5.92 Å². The first-order valence-electron chi connectivity index (χ1n) is 15.8. The molecule has 0 aliphatic carbocycles. The molecule has 0 spiro atoms. The monoisotopic (exact) mass is 677 g/mol. The molecule has 2 heterocycles. The number of esters is 3. The van der Waals surface area contributed by atoms with Crippen molar-refractivity contribution in [3.05, 3.63) is 108 Å². The molecular formula is C36H36ClNO10. The Kier molecular flexibility index (Phi) is 11.5. The van der Waals surface area contributed by atoms with Crippen LogP contribution < -0.4 is 0 Å². The number of ether oxygens (including phenoxy) is 5. The number of fused-ring (bicyclic) bond motifs is 1. The van der Waals surface area contributed by atoms with Crippen LogP contribution in [0.5, 0.6) is 0 Å². The number of amides is 2. The molecule has 0 aromatic heterocycles. The Bertz CT molecular complexity index is 1590. The Balaban J connectivity index is 1.53. The van der Waals surface area contributed by atoms with Crippen LogP contribution in [0.15, 0.2) is 91.0 Å². The molecule has 5 rings (SSSR count). The van der Waals surface area contributed by atoms with E-state index in [-0.39, 0.29) is 22.6 Å². The zero-order chi connectivity index (χ0) is 34.2. The van der Waals surface area contributed by atoms with Gasteiger partial charge in [-0.15, -0.1) is 11.6 Å². The fourth-order valence-electron chi connectivity index (χ4n) is 5.80. The molecule has 2 aliphatic heterocycles. The maximum Gasteiger partial charge on any atom is 0.419 e. The van der Waals surface area contributed by atoms with Gasteiger partial charge in [0.05, 0.1) is 16.7 Å². The highest BCUT2D eigenvalue weighted by atomic mass is 35.5. The van der Waals surface area contributed by atoms with Gasteiger partial charge >= 0.3 is 24.0 Å². The second-order valence-electron chi connectivity index (χ2n) is 11.4. The number of hydrogen-bond donors (Lipinski definition) is 0. The van der Waals surface area contributed by atoms with Crippen LogP contribution in [0.4, 0.5) is 4.79 Å². The summed E-state index contributed by atoms with van der Waals surface area (Å²) < 4.78 is 29.1. The molecular weight excluding hydrogens is 642 g/mol. The van der Waals surface area contributed by atoms with Crippen molar-refractivity contribution in [1.82, 2.24) is 4.90 Å². The predicted octanol–water partition coefficient (Wildman–Crippen LogP) is 5.80. The maximum absolute atomic E-state index is 13.9. The molecule has 2 amide bonds. The van der Waals surface area contributed by atoms with Crippen molar-refractivity contribution < 1.29 is 47.7 Å². The number of carbonyl (C=O) groups is 5. The SMILES string of the molecule is CCC[C@H](CC)[C@@H](Cl)C(=O)N1C(=O)O[C@H]2O[C@H](COC(=O)c3ccccc3)[C@@H](OC(=O)c3ccccc3)[C@H](OC(=O)c3ccccc3)[C@H]21. The van der Waals surface area contributed by atoms with Crippen molar-refractivity contribution in [2.45, 2.75) is 69.1 Å². The largest absolute Gasteiger partial charge is 0.459 e. The molecule has 12 heteroatoms. The summed E-state index contributed by atoms with van der Waals surface area (Å²) in [6.07, 6.45) is -4.88. The summed E-state index contributed by atoms with van der Waals surface area (Å²) in [7, 11) is 0. The van der Waals surface area contributed by atoms with Gasteiger partial charge in [0.2, 0.25) is 6.29 Å². The van der Waals surface area contributed by atoms with E-state index in [1.54, 1.807) is 66.7 Å². The summed E-state index contributed by atoms with van der Waals surface area (Å²) in [5.41, 5.74) is 0.588. The third kappa shape index (κ3) is 7.69. The highest BCUT2D eigenvalue weighted by Crippen LogP contribution is 2.37. The van der Waals surface area contributed by atoms with Crippen molar-refractivity contribution in [3.8, 4) is 0 Å². The van der Waals surface area contributed by atoms with Crippen molar-refractivity contribution in [1.29, 1.82) is 0 Å². The van der Waals surface area contributed by atoms with Crippen LogP contribution >= 0.6 is 11.6 Å². The fourth-order valence-corrected chi connectivity index (χ4v) is 6.20. The minimum absolute atomic E-state index is 0.160. The lowest BCUT2D eigenvalue weighted by Gasteiger charge is -2.43. The number of rotatable bonds is 12. The van der Waals surface area contributed by atoms with Crippen molar-refractivity contribution in [2.24, 2.45) is 5.92 Å². The zero-order valence-electron chi connectivity index (χ0n) is 26.4. The molecule has 0 N–H and O–H groups in total. The molecule has 3 aromatic rings. The van der Waals surface area contributed by atoms with Crippen molar-refractivity contribution in [3.63, 3.8) is 0 Å². The summed E-state index contributed by atoms with van der Waals surface area (Å²) in [6, 6.07) is 22.9. The maximum atomic E-state index is 13.9. The molecule has 2 fully saturated rings. The molecule has 11 nitrogen and oxygen atoms in total. The first-order valence-corrected chi connectivity index (χ1v) is 16.2. The van der Waals surface area contributed by atoms with E-state index >= 15 is 0 Å². The van der Waals surface area contributed by atoms with Gasteiger partial charge in [0.15, 0.2) is 12.2 Å². The molecule has 7 atom stereocenters. The number of benzene rings is 3. The molecule has 0 unspecified atom stereocenters. The summed E-state index contributed by atoms with van der Waals surface area (Å²) >= 11 is 6.68. The second-order valence-corrected chi connectivity index (χ2v) is 11.9. The van der Waals surface area contributed by atoms with Crippen LogP contribution in [-0.4, -0.2) is 77.4 Å². The molecule has 0 saturated carbocycles. The lowest BCUT2D eigenvalue weighted by molar-refractivity contribution is -0.240. The van der Waals surface area contributed by atoms with Crippen molar-refractivity contribution >= 4 is 41.5 Å². The molecule has 2 aliphatic rings. The molecule has 0 radical (unpaired) electrons. The molecule has 252 valence electrons. The van der Waals surface area contributed by atoms with Crippen LogP contribution in [-0.2, 0) is 28.5 Å². The standard InChI is InChI=1S/C36H36ClNO10/c1-3-14-22(4-2)27(37)31(39)38-28-30(47-34(42)25-19-12-7-13-20-25)29(46-33(41)24-17-10-6-11-18-24)26(45-35(28)48-36(38)43)21-44-32(40)23-15-8-5-9-16-23/h5-13,15-20,22,26-30,35H,3-4,14,21H2,1-2H3/t22-,26+,27+,28+,29+,30+,35+/m0/s1. The normalized spacial score (nSPS) is 22.9. The lowest BCUT2D eigenvalue weighted by Crippen LogP contribution is -2.65. The Morgan fingerprint density at radius 1 is 0.771 bits per heavy atom. The topological polar surface area (TPSA) is 135 Å². The fraction of sp³-hybridized carbons (Fsp3) is 0.361. The summed E-state index contributed by atoms with van der Waals surface area (Å²) in [5.74, 6) is -3.36. The number of hydrogen-bond acceptors (Lipinski definition) is 10. The van der Waals surface area contributed by atoms with Gasteiger partial charge in [-0.05, 0) is 48.7 Å². The van der Waals surface area contributed by atoms with E-state index < -0.39 is 72.5 Å². The van der Waals surface area contributed by atoms with E-state index in [4.69, 9.17) is 35.3 Å². The van der Waals surface area contributed by atoms with Crippen LogP contribution in [0.3, 0.4) is 0 Å². The zero-order valence-corrected chi connectivity index (χ0v) is 27.2. The van der Waals surface area contributed by atoms with Crippen LogP contribution in [0.2, 0.25) is 0 Å². The van der Waals surface area contributed by atoms with E-state index in [0.717, 1.165) is 11.3 Å². The van der Waals surface area contributed by atoms with Gasteiger partial charge in [-0.3, -0.25) is 4.79 Å². The second kappa shape index (κ2) is 15.9. The van der Waals surface area contributed by atoms with E-state index in [0.29, 0.717) is 12.8 Å². The van der Waals surface area contributed by atoms with Gasteiger partial charge < -0.3 is 23.7 Å². The average molecular weight is 678 g/mol. The van der Waals surface area contributed by atoms with Crippen LogP contribution in [0.25, 0.3) is 0 Å². The van der Waals surface area contributed by atoms with Crippen molar-refractivity contribution in [2.75, 3.05) is 6.61 Å². The van der Waals surface area contributed by atoms with Gasteiger partial charge in [0.25, 0.3) is 5.91 Å². The number of nitrogens with zero attached hydrogens (tertiary/aromatic N) is 1. The Labute approximate surface area is 283 Å². The average Bonchev–Trinajstić information content (AvgIpc) is 3.46. The number of imide groups is 1. The molecule has 2 saturated heterocycles. The van der Waals surface area contributed by atoms with Gasteiger partial charge in [-0.25, -0.2) is 24.1 Å². The number of alkyl halides is 1. The summed E-state index contributed by atoms with van der Waals surface area (Å²) in [6.45, 7) is 3.37. The smallest absolute Gasteiger partial charge is 0.419 e. The Morgan fingerprint density at radius 2 is 1.27 bits per heavy atom. The van der Waals surface area contributed by atoms with E-state index in [2.05, 4.69) is 0 Å². The van der Waals surface area contributed by atoms with Crippen LogP contribution in [0.1, 0.15) is 64.2 Å². The predicted molar refractivity (Wildman–Crippen MR) is 172 cm³/mol. The lowest BCUT2D eigenvalue weighted by atomic mass is 9.93. The number of halogens is 1. The molecule has 3 aromatic carbocycles. The van der Waals surface area contributed by atoms with E-state index in [9.17, 15) is 24.0 Å². The van der Waals surface area contributed by atoms with E-state index in [1.807, 2.05) is 13.8 Å². The summed E-state index contributed by atoms with van der Waals surface area (Å²) in [4.78, 5) is 68.0. The molecule has 48 heavy (non-hydrogen) atoms. The first-order chi connectivity index (χ1) is 23.2.